The van der Waals surface area contributed by atoms with E-state index in [1.54, 1.807) is 18.2 Å². The summed E-state index contributed by atoms with van der Waals surface area (Å²) in [6, 6.07) is 9.32. The van der Waals surface area contributed by atoms with Gasteiger partial charge in [0.15, 0.2) is 0 Å². The molecule has 3 aliphatic rings. The van der Waals surface area contributed by atoms with Crippen molar-refractivity contribution in [3.63, 3.8) is 0 Å². The van der Waals surface area contributed by atoms with E-state index >= 15 is 0 Å². The van der Waals surface area contributed by atoms with Crippen LogP contribution in [0.2, 0.25) is 0 Å². The number of pyridine rings is 1. The van der Waals surface area contributed by atoms with E-state index in [9.17, 15) is 17.6 Å². The minimum Gasteiger partial charge on any atom is -0.371 e. The van der Waals surface area contributed by atoms with Gasteiger partial charge in [0.2, 0.25) is 11.9 Å². The number of nitrogens with one attached hydrogen (secondary N) is 1. The van der Waals surface area contributed by atoms with Crippen LogP contribution in [0.4, 0.5) is 40.8 Å². The van der Waals surface area contributed by atoms with E-state index in [0.717, 1.165) is 50.1 Å². The highest BCUT2D eigenvalue weighted by Crippen LogP contribution is 2.41. The molecule has 0 spiro atoms. The normalized spacial score (nSPS) is 23.9. The predicted octanol–water partition coefficient (Wildman–Crippen LogP) is 4.70. The van der Waals surface area contributed by atoms with Gasteiger partial charge in [-0.2, -0.15) is 18.2 Å². The minimum atomic E-state index is -4.46. The number of rotatable bonds is 4. The first-order valence-corrected chi connectivity index (χ1v) is 11.9. The van der Waals surface area contributed by atoms with Crippen molar-refractivity contribution < 1.29 is 17.6 Å². The summed E-state index contributed by atoms with van der Waals surface area (Å²) in [5.41, 5.74) is 0.574. The van der Waals surface area contributed by atoms with Crippen LogP contribution in [0.5, 0.6) is 0 Å². The Hall–Kier alpha value is -3.37. The molecule has 2 aliphatic heterocycles. The molecule has 3 aromatic rings. The van der Waals surface area contributed by atoms with E-state index in [0.29, 0.717) is 24.7 Å². The minimum absolute atomic E-state index is 0.166. The van der Waals surface area contributed by atoms with Gasteiger partial charge in [-0.05, 0) is 67.5 Å². The number of benzene rings is 1. The lowest BCUT2D eigenvalue weighted by Gasteiger charge is -2.39. The van der Waals surface area contributed by atoms with E-state index in [2.05, 4.69) is 15.4 Å². The van der Waals surface area contributed by atoms with Crippen molar-refractivity contribution in [2.45, 2.75) is 38.0 Å². The van der Waals surface area contributed by atoms with Crippen LogP contribution < -0.4 is 15.1 Å². The van der Waals surface area contributed by atoms with Gasteiger partial charge in [0.05, 0.1) is 0 Å². The molecule has 1 N–H and O–H groups in total. The molecular weight excluding hydrogens is 462 g/mol. The van der Waals surface area contributed by atoms with Crippen LogP contribution in [0.15, 0.2) is 42.6 Å². The number of halogens is 4. The molecule has 1 saturated heterocycles. The molecule has 184 valence electrons. The third-order valence-electron chi connectivity index (χ3n) is 7.31. The number of piperidine rings is 1. The molecule has 6 rings (SSSR count). The molecule has 2 bridgehead atoms. The maximum absolute atomic E-state index is 13.4. The van der Waals surface area contributed by atoms with E-state index in [4.69, 9.17) is 4.98 Å². The fraction of sp³-hybridized carbons (Fsp3) is 0.458. The summed E-state index contributed by atoms with van der Waals surface area (Å²) in [4.78, 5) is 12.3. The average Bonchev–Trinajstić information content (AvgIpc) is 3.35. The van der Waals surface area contributed by atoms with Gasteiger partial charge in [-0.15, -0.1) is 5.10 Å². The number of aryl methyl sites for hydroxylation is 1. The second-order valence-electron chi connectivity index (χ2n) is 9.51. The highest BCUT2D eigenvalue weighted by molar-refractivity contribution is 5.59. The molecule has 11 heteroatoms. The zero-order valence-electron chi connectivity index (χ0n) is 18.9. The van der Waals surface area contributed by atoms with Gasteiger partial charge in [-0.1, -0.05) is 0 Å². The van der Waals surface area contributed by atoms with Gasteiger partial charge in [-0.25, -0.2) is 9.07 Å². The first kappa shape index (κ1) is 22.1. The molecule has 1 aromatic carbocycles. The van der Waals surface area contributed by atoms with E-state index in [1.807, 2.05) is 14.5 Å². The summed E-state index contributed by atoms with van der Waals surface area (Å²) in [6.45, 7) is 2.88. The molecule has 7 nitrogen and oxygen atoms in total. The highest BCUT2D eigenvalue weighted by atomic mass is 19.4. The van der Waals surface area contributed by atoms with Gasteiger partial charge in [0.25, 0.3) is 0 Å². The molecule has 1 saturated carbocycles. The van der Waals surface area contributed by atoms with E-state index in [-0.39, 0.29) is 23.7 Å². The Morgan fingerprint density at radius 2 is 1.69 bits per heavy atom. The summed E-state index contributed by atoms with van der Waals surface area (Å²) in [5.74, 6) is 1.58. The molecular formula is C24H25F4N7. The molecule has 0 amide bonds. The Morgan fingerprint density at radius 3 is 2.40 bits per heavy atom. The van der Waals surface area contributed by atoms with Gasteiger partial charge in [0, 0.05) is 49.8 Å². The van der Waals surface area contributed by atoms with Gasteiger partial charge < -0.3 is 15.1 Å². The highest BCUT2D eigenvalue weighted by Gasteiger charge is 2.43. The lowest BCUT2D eigenvalue weighted by Crippen LogP contribution is -2.48. The van der Waals surface area contributed by atoms with Crippen LogP contribution in [-0.2, 0) is 12.7 Å². The Kier molecular flexibility index (Phi) is 5.30. The zero-order chi connectivity index (χ0) is 24.2. The lowest BCUT2D eigenvalue weighted by molar-refractivity contribution is -0.141. The number of anilines is 4. The Labute approximate surface area is 199 Å². The Morgan fingerprint density at radius 1 is 0.943 bits per heavy atom. The molecule has 2 aromatic heterocycles. The van der Waals surface area contributed by atoms with Crippen molar-refractivity contribution in [2.24, 2.45) is 11.8 Å². The largest absolute Gasteiger partial charge is 0.433 e. The Balaban J connectivity index is 1.18. The number of alkyl halides is 3. The average molecular weight is 488 g/mol. The summed E-state index contributed by atoms with van der Waals surface area (Å²) in [7, 11) is 0. The number of hydrogen-bond acceptors (Lipinski definition) is 6. The second-order valence-corrected chi connectivity index (χ2v) is 9.51. The van der Waals surface area contributed by atoms with Crippen LogP contribution >= 0.6 is 0 Å². The fourth-order valence-electron chi connectivity index (χ4n) is 5.68. The predicted molar refractivity (Wildman–Crippen MR) is 123 cm³/mol. The van der Waals surface area contributed by atoms with E-state index in [1.165, 1.54) is 18.3 Å². The summed E-state index contributed by atoms with van der Waals surface area (Å²) >= 11 is 0. The van der Waals surface area contributed by atoms with Crippen LogP contribution in [0.25, 0.3) is 0 Å². The van der Waals surface area contributed by atoms with Crippen molar-refractivity contribution in [3.05, 3.63) is 54.1 Å². The standard InChI is InChI=1S/C24H25F4N7/c25-17-4-6-18(7-5-17)34-10-1-11-35-23(34)31-22(32-35)30-21-15-2-3-16(21)14-33(13-15)19-8-9-29-20(12-19)24(26,27)28/h4-9,12,15-16,21H,1-3,10-11,13-14H2,(H,30,32)/t15-,16+,21+. The quantitative estimate of drug-likeness (QED) is 0.539. The lowest BCUT2D eigenvalue weighted by atomic mass is 9.92. The zero-order valence-corrected chi connectivity index (χ0v) is 18.9. The fourth-order valence-corrected chi connectivity index (χ4v) is 5.68. The van der Waals surface area contributed by atoms with Gasteiger partial charge >= 0.3 is 6.18 Å². The summed E-state index contributed by atoms with van der Waals surface area (Å²) in [6.07, 6.45) is -0.307. The number of hydrogen-bond donors (Lipinski definition) is 1. The maximum Gasteiger partial charge on any atom is 0.433 e. The molecule has 2 fully saturated rings. The van der Waals surface area contributed by atoms with Crippen molar-refractivity contribution in [3.8, 4) is 0 Å². The van der Waals surface area contributed by atoms with Crippen molar-refractivity contribution in [1.82, 2.24) is 19.7 Å². The molecule has 3 atom stereocenters. The third kappa shape index (κ3) is 4.17. The first-order valence-electron chi connectivity index (χ1n) is 11.9. The van der Waals surface area contributed by atoms with Crippen LogP contribution in [0, 0.1) is 17.7 Å². The number of nitrogens with zero attached hydrogens (tertiary/aromatic N) is 6. The van der Waals surface area contributed by atoms with Crippen molar-refractivity contribution >= 4 is 23.3 Å². The summed E-state index contributed by atoms with van der Waals surface area (Å²) in [5, 5.41) is 8.22. The maximum atomic E-state index is 13.4. The second kappa shape index (κ2) is 8.39. The first-order chi connectivity index (χ1) is 16.8. The molecule has 0 radical (unpaired) electrons. The third-order valence-corrected chi connectivity index (χ3v) is 7.31. The smallest absolute Gasteiger partial charge is 0.371 e. The van der Waals surface area contributed by atoms with Gasteiger partial charge in [0.1, 0.15) is 11.5 Å². The van der Waals surface area contributed by atoms with Crippen molar-refractivity contribution in [1.29, 1.82) is 0 Å². The molecule has 35 heavy (non-hydrogen) atoms. The van der Waals surface area contributed by atoms with Crippen molar-refractivity contribution in [2.75, 3.05) is 34.8 Å². The van der Waals surface area contributed by atoms with Gasteiger partial charge in [-0.3, -0.25) is 4.98 Å². The molecule has 4 heterocycles. The van der Waals surface area contributed by atoms with Crippen LogP contribution in [-0.4, -0.2) is 45.4 Å². The number of aromatic nitrogens is 4. The monoisotopic (exact) mass is 487 g/mol. The molecule has 1 aliphatic carbocycles. The molecule has 0 unspecified atom stereocenters. The Bertz CT molecular complexity index is 1200. The SMILES string of the molecule is Fc1ccc(N2CCCn3nc(N[C@H]4[C@@H]5CC[C@H]4CN(c4ccnc(C(F)(F)F)c4)C5)nc32)cc1. The summed E-state index contributed by atoms with van der Waals surface area (Å²) < 4.78 is 54.6. The van der Waals surface area contributed by atoms with E-state index < -0.39 is 11.9 Å². The number of fused-ring (bicyclic) bond motifs is 3. The van der Waals surface area contributed by atoms with Crippen LogP contribution in [0.3, 0.4) is 0 Å². The van der Waals surface area contributed by atoms with Crippen LogP contribution in [0.1, 0.15) is 25.0 Å². The topological polar surface area (TPSA) is 62.1 Å².